The summed E-state index contributed by atoms with van der Waals surface area (Å²) < 4.78 is 0. The van der Waals surface area contributed by atoms with Crippen molar-refractivity contribution in [1.82, 2.24) is 9.97 Å². The Labute approximate surface area is 155 Å². The number of para-hydroxylation sites is 1. The molecule has 0 saturated heterocycles. The first-order valence-corrected chi connectivity index (χ1v) is 9.11. The van der Waals surface area contributed by atoms with E-state index in [-0.39, 0.29) is 11.7 Å². The Morgan fingerprint density at radius 2 is 2.04 bits per heavy atom. The second-order valence-corrected chi connectivity index (χ2v) is 6.37. The number of hydrogen-bond donors (Lipinski definition) is 2. The topological polar surface area (TPSA) is 90.7 Å². The molecule has 0 aliphatic carbocycles. The molecule has 0 spiro atoms. The van der Waals surface area contributed by atoms with Crippen molar-refractivity contribution in [3.63, 3.8) is 0 Å². The molecule has 2 N–H and O–H groups in total. The minimum absolute atomic E-state index is 0.174. The number of thioether (sulfide) groups is 1. The number of nitrogens with zero attached hydrogens (tertiary/aromatic N) is 3. The smallest absolute Gasteiger partial charge is 0.234 e. The average Bonchev–Trinajstić information content (AvgIpc) is 2.67. The Morgan fingerprint density at radius 3 is 2.85 bits per heavy atom. The Hall–Kier alpha value is -3.11. The molecule has 3 rings (SSSR count). The molecule has 0 radical (unpaired) electrons. The van der Waals surface area contributed by atoms with E-state index in [1.165, 1.54) is 11.8 Å². The molecule has 0 saturated carbocycles. The van der Waals surface area contributed by atoms with Crippen molar-refractivity contribution in [3.8, 4) is 6.07 Å². The number of aromatic nitrogens is 2. The molecule has 0 aliphatic heterocycles. The summed E-state index contributed by atoms with van der Waals surface area (Å²) >= 11 is 1.27. The van der Waals surface area contributed by atoms with E-state index in [1.54, 1.807) is 24.3 Å². The summed E-state index contributed by atoms with van der Waals surface area (Å²) in [6, 6.07) is 16.6. The third-order valence-corrected chi connectivity index (χ3v) is 4.38. The van der Waals surface area contributed by atoms with Gasteiger partial charge in [-0.1, -0.05) is 30.0 Å². The number of rotatable bonds is 6. The molecule has 1 heterocycles. The van der Waals surface area contributed by atoms with Crippen molar-refractivity contribution in [2.24, 2.45) is 0 Å². The second-order valence-electron chi connectivity index (χ2n) is 5.43. The Bertz CT molecular complexity index is 983. The van der Waals surface area contributed by atoms with Crippen LogP contribution in [0.15, 0.2) is 53.7 Å². The average molecular weight is 363 g/mol. The second kappa shape index (κ2) is 8.32. The highest BCUT2D eigenvalue weighted by Crippen LogP contribution is 2.24. The fourth-order valence-electron chi connectivity index (χ4n) is 2.42. The first-order valence-electron chi connectivity index (χ1n) is 8.13. The van der Waals surface area contributed by atoms with E-state index in [0.29, 0.717) is 16.4 Å². The van der Waals surface area contributed by atoms with Crippen LogP contribution in [0, 0.1) is 11.3 Å². The van der Waals surface area contributed by atoms with Crippen LogP contribution >= 0.6 is 11.8 Å². The van der Waals surface area contributed by atoms with Crippen LogP contribution in [0.5, 0.6) is 0 Å². The number of amides is 1. The van der Waals surface area contributed by atoms with Gasteiger partial charge in [-0.25, -0.2) is 9.97 Å². The SMILES string of the molecule is CCNc1nc(SCC(=O)Nc2cccc(C#N)c2)nc2ccccc12. The molecule has 3 aromatic rings. The van der Waals surface area contributed by atoms with Gasteiger partial charge in [0.25, 0.3) is 0 Å². The van der Waals surface area contributed by atoms with Gasteiger partial charge in [0, 0.05) is 17.6 Å². The summed E-state index contributed by atoms with van der Waals surface area (Å²) in [6.45, 7) is 2.76. The highest BCUT2D eigenvalue weighted by atomic mass is 32.2. The lowest BCUT2D eigenvalue weighted by atomic mass is 10.2. The van der Waals surface area contributed by atoms with Gasteiger partial charge < -0.3 is 10.6 Å². The van der Waals surface area contributed by atoms with Crippen LogP contribution < -0.4 is 10.6 Å². The predicted octanol–water partition coefficient (Wildman–Crippen LogP) is 3.66. The van der Waals surface area contributed by atoms with Crippen molar-refractivity contribution in [3.05, 3.63) is 54.1 Å². The summed E-state index contributed by atoms with van der Waals surface area (Å²) in [4.78, 5) is 21.2. The zero-order valence-electron chi connectivity index (χ0n) is 14.2. The maximum absolute atomic E-state index is 12.2. The molecule has 1 aromatic heterocycles. The van der Waals surface area contributed by atoms with Crippen LogP contribution in [0.3, 0.4) is 0 Å². The lowest BCUT2D eigenvalue weighted by Crippen LogP contribution is -2.14. The molecule has 7 heteroatoms. The number of nitrogens with one attached hydrogen (secondary N) is 2. The minimum atomic E-state index is -0.174. The van der Waals surface area contributed by atoms with Crippen LogP contribution in [0.4, 0.5) is 11.5 Å². The number of nitriles is 1. The lowest BCUT2D eigenvalue weighted by molar-refractivity contribution is -0.113. The van der Waals surface area contributed by atoms with E-state index >= 15 is 0 Å². The van der Waals surface area contributed by atoms with Crippen LogP contribution in [-0.2, 0) is 4.79 Å². The molecule has 0 fully saturated rings. The Balaban J connectivity index is 1.70. The van der Waals surface area contributed by atoms with Gasteiger partial charge in [-0.2, -0.15) is 5.26 Å². The molecular weight excluding hydrogens is 346 g/mol. The van der Waals surface area contributed by atoms with Crippen molar-refractivity contribution in [1.29, 1.82) is 5.26 Å². The van der Waals surface area contributed by atoms with Gasteiger partial charge >= 0.3 is 0 Å². The van der Waals surface area contributed by atoms with Gasteiger partial charge in [0.2, 0.25) is 5.91 Å². The fourth-order valence-corrected chi connectivity index (χ4v) is 3.07. The summed E-state index contributed by atoms with van der Waals surface area (Å²) in [5.74, 6) is 0.773. The van der Waals surface area contributed by atoms with Crippen LogP contribution in [0.2, 0.25) is 0 Å². The van der Waals surface area contributed by atoms with Crippen molar-refractivity contribution in [2.75, 3.05) is 22.9 Å². The number of benzene rings is 2. The van der Waals surface area contributed by atoms with Crippen molar-refractivity contribution in [2.45, 2.75) is 12.1 Å². The lowest BCUT2D eigenvalue weighted by Gasteiger charge is -2.09. The number of hydrogen-bond acceptors (Lipinski definition) is 6. The highest BCUT2D eigenvalue weighted by Gasteiger charge is 2.10. The maximum atomic E-state index is 12.2. The zero-order chi connectivity index (χ0) is 18.4. The van der Waals surface area contributed by atoms with E-state index in [9.17, 15) is 4.79 Å². The Morgan fingerprint density at radius 1 is 1.19 bits per heavy atom. The number of carbonyl (C=O) groups excluding carboxylic acids is 1. The van der Waals surface area contributed by atoms with Crippen LogP contribution in [-0.4, -0.2) is 28.2 Å². The molecule has 0 unspecified atom stereocenters. The van der Waals surface area contributed by atoms with Crippen LogP contribution in [0.1, 0.15) is 12.5 Å². The van der Waals surface area contributed by atoms with Gasteiger partial charge in [0.15, 0.2) is 5.16 Å². The Kier molecular flexibility index (Phi) is 5.66. The number of fused-ring (bicyclic) bond motifs is 1. The van der Waals surface area contributed by atoms with Gasteiger partial charge in [0.05, 0.1) is 22.9 Å². The van der Waals surface area contributed by atoms with Crippen LogP contribution in [0.25, 0.3) is 10.9 Å². The van der Waals surface area contributed by atoms with Crippen molar-refractivity contribution < 1.29 is 4.79 Å². The quantitative estimate of drug-likeness (QED) is 0.513. The monoisotopic (exact) mass is 363 g/mol. The first kappa shape index (κ1) is 17.7. The molecule has 6 nitrogen and oxygen atoms in total. The summed E-state index contributed by atoms with van der Waals surface area (Å²) in [5.41, 5.74) is 1.94. The first-order chi connectivity index (χ1) is 12.7. The minimum Gasteiger partial charge on any atom is -0.370 e. The summed E-state index contributed by atoms with van der Waals surface area (Å²) in [7, 11) is 0. The van der Waals surface area contributed by atoms with E-state index < -0.39 is 0 Å². The summed E-state index contributed by atoms with van der Waals surface area (Å²) in [5, 5.41) is 16.4. The molecule has 26 heavy (non-hydrogen) atoms. The van der Waals surface area contributed by atoms with Crippen molar-refractivity contribution >= 4 is 40.1 Å². The van der Waals surface area contributed by atoms with E-state index in [4.69, 9.17) is 5.26 Å². The fraction of sp³-hybridized carbons (Fsp3) is 0.158. The van der Waals surface area contributed by atoms with E-state index in [0.717, 1.165) is 23.3 Å². The zero-order valence-corrected chi connectivity index (χ0v) is 15.0. The third-order valence-electron chi connectivity index (χ3n) is 3.53. The molecule has 1 amide bonds. The highest BCUT2D eigenvalue weighted by molar-refractivity contribution is 7.99. The number of anilines is 2. The van der Waals surface area contributed by atoms with E-state index in [1.807, 2.05) is 31.2 Å². The maximum Gasteiger partial charge on any atom is 0.234 e. The van der Waals surface area contributed by atoms with Gasteiger partial charge in [-0.15, -0.1) is 0 Å². The third kappa shape index (κ3) is 4.29. The standard InChI is InChI=1S/C19H17N5OS/c1-2-21-18-15-8-3-4-9-16(15)23-19(24-18)26-12-17(25)22-14-7-5-6-13(10-14)11-20/h3-10H,2,12H2,1H3,(H,22,25)(H,21,23,24). The number of carbonyl (C=O) groups is 1. The molecular formula is C19H17N5OS. The molecule has 0 aliphatic rings. The van der Waals surface area contributed by atoms with Gasteiger partial charge in [0.1, 0.15) is 5.82 Å². The van der Waals surface area contributed by atoms with E-state index in [2.05, 4.69) is 26.7 Å². The molecule has 0 atom stereocenters. The van der Waals surface area contributed by atoms with Gasteiger partial charge in [-0.05, 0) is 37.3 Å². The van der Waals surface area contributed by atoms with Gasteiger partial charge in [-0.3, -0.25) is 4.79 Å². The predicted molar refractivity (Wildman–Crippen MR) is 104 cm³/mol. The normalized spacial score (nSPS) is 10.3. The molecule has 130 valence electrons. The largest absolute Gasteiger partial charge is 0.370 e. The molecule has 0 bridgehead atoms. The summed E-state index contributed by atoms with van der Waals surface area (Å²) in [6.07, 6.45) is 0. The molecule has 2 aromatic carbocycles.